The van der Waals surface area contributed by atoms with E-state index in [1.165, 1.54) is 42.3 Å². The van der Waals surface area contributed by atoms with Gasteiger partial charge in [0.2, 0.25) is 10.0 Å². The number of thioether (sulfide) groups is 1. The van der Waals surface area contributed by atoms with Crippen molar-refractivity contribution in [2.75, 3.05) is 14.1 Å². The molecular formula is C20H18ClN3O3S3. The Labute approximate surface area is 188 Å². The van der Waals surface area contributed by atoms with Gasteiger partial charge in [-0.25, -0.2) is 22.7 Å². The first-order valence-electron chi connectivity index (χ1n) is 8.95. The van der Waals surface area contributed by atoms with Gasteiger partial charge in [-0.1, -0.05) is 35.5 Å². The van der Waals surface area contributed by atoms with E-state index in [1.807, 2.05) is 29.6 Å². The van der Waals surface area contributed by atoms with Crippen molar-refractivity contribution in [3.63, 3.8) is 0 Å². The van der Waals surface area contributed by atoms with Crippen molar-refractivity contribution in [3.05, 3.63) is 69.1 Å². The highest BCUT2D eigenvalue weighted by molar-refractivity contribution is 7.98. The van der Waals surface area contributed by atoms with Crippen molar-refractivity contribution in [1.29, 1.82) is 0 Å². The van der Waals surface area contributed by atoms with Gasteiger partial charge in [0, 0.05) is 36.7 Å². The largest absolute Gasteiger partial charge is 0.431 e. The zero-order valence-electron chi connectivity index (χ0n) is 16.2. The Morgan fingerprint density at radius 2 is 1.90 bits per heavy atom. The molecule has 0 fully saturated rings. The Morgan fingerprint density at radius 1 is 1.13 bits per heavy atom. The van der Waals surface area contributed by atoms with Crippen LogP contribution >= 0.6 is 34.7 Å². The van der Waals surface area contributed by atoms with E-state index in [0.29, 0.717) is 22.1 Å². The Hall–Kier alpha value is -1.91. The molecule has 30 heavy (non-hydrogen) atoms. The van der Waals surface area contributed by atoms with Gasteiger partial charge in [0.25, 0.3) is 5.22 Å². The molecule has 156 valence electrons. The molecule has 0 aliphatic rings. The van der Waals surface area contributed by atoms with E-state index in [-0.39, 0.29) is 4.90 Å². The summed E-state index contributed by atoms with van der Waals surface area (Å²) in [4.78, 5) is 9.28. The van der Waals surface area contributed by atoms with Crippen LogP contribution in [0.5, 0.6) is 0 Å². The van der Waals surface area contributed by atoms with E-state index >= 15 is 0 Å². The monoisotopic (exact) mass is 479 g/mol. The van der Waals surface area contributed by atoms with Crippen LogP contribution in [-0.2, 0) is 22.2 Å². The smallest absolute Gasteiger partial charge is 0.257 e. The lowest BCUT2D eigenvalue weighted by molar-refractivity contribution is 0.489. The number of hydrogen-bond acceptors (Lipinski definition) is 7. The van der Waals surface area contributed by atoms with Gasteiger partial charge in [0.05, 0.1) is 15.6 Å². The summed E-state index contributed by atoms with van der Waals surface area (Å²) in [6.45, 7) is 0. The minimum absolute atomic E-state index is 0.191. The fourth-order valence-corrected chi connectivity index (χ4v) is 5.44. The summed E-state index contributed by atoms with van der Waals surface area (Å²) in [5, 5.41) is 4.27. The van der Waals surface area contributed by atoms with Gasteiger partial charge in [-0.15, -0.1) is 11.3 Å². The first kappa shape index (κ1) is 21.3. The van der Waals surface area contributed by atoms with Gasteiger partial charge < -0.3 is 4.42 Å². The van der Waals surface area contributed by atoms with Gasteiger partial charge in [-0.2, -0.15) is 0 Å². The number of nitrogens with zero attached hydrogens (tertiary/aromatic N) is 3. The molecule has 2 aromatic heterocycles. The summed E-state index contributed by atoms with van der Waals surface area (Å²) in [5.74, 6) is 0.618. The molecule has 0 aliphatic heterocycles. The van der Waals surface area contributed by atoms with Gasteiger partial charge in [0.1, 0.15) is 5.52 Å². The van der Waals surface area contributed by atoms with Crippen LogP contribution in [0.3, 0.4) is 0 Å². The maximum atomic E-state index is 12.3. The molecule has 10 heteroatoms. The lowest BCUT2D eigenvalue weighted by Crippen LogP contribution is -2.22. The summed E-state index contributed by atoms with van der Waals surface area (Å²) in [6, 6.07) is 12.5. The van der Waals surface area contributed by atoms with E-state index in [1.54, 1.807) is 17.4 Å². The average Bonchev–Trinajstić information content (AvgIpc) is 3.33. The number of rotatable bonds is 7. The zero-order chi connectivity index (χ0) is 21.3. The summed E-state index contributed by atoms with van der Waals surface area (Å²) in [7, 11) is -0.514. The molecule has 4 rings (SSSR count). The predicted molar refractivity (Wildman–Crippen MR) is 121 cm³/mol. The minimum Gasteiger partial charge on any atom is -0.431 e. The quantitative estimate of drug-likeness (QED) is 0.344. The van der Waals surface area contributed by atoms with Crippen molar-refractivity contribution in [1.82, 2.24) is 14.3 Å². The Kier molecular flexibility index (Phi) is 6.17. The first-order valence-corrected chi connectivity index (χ1v) is 12.6. The molecule has 2 aromatic carbocycles. The van der Waals surface area contributed by atoms with Gasteiger partial charge in [-0.3, -0.25) is 0 Å². The number of halogens is 1. The predicted octanol–water partition coefficient (Wildman–Crippen LogP) is 5.07. The summed E-state index contributed by atoms with van der Waals surface area (Å²) in [5.41, 5.74) is 3.18. The molecule has 0 N–H and O–H groups in total. The molecule has 0 atom stereocenters. The molecule has 0 aliphatic carbocycles. The SMILES string of the molecule is CN(C)S(=O)(=O)c1ccc2oc(SCc3csc(Cc4ccc(Cl)cc4)n3)nc2c1. The highest BCUT2D eigenvalue weighted by Gasteiger charge is 2.19. The third-order valence-electron chi connectivity index (χ3n) is 4.33. The molecule has 2 heterocycles. The van der Waals surface area contributed by atoms with Gasteiger partial charge >= 0.3 is 0 Å². The molecule has 0 saturated heterocycles. The normalized spacial score (nSPS) is 12.1. The molecule has 0 amide bonds. The minimum atomic E-state index is -3.51. The first-order chi connectivity index (χ1) is 14.3. The maximum absolute atomic E-state index is 12.3. The van der Waals surface area contributed by atoms with Crippen LogP contribution in [-0.4, -0.2) is 36.8 Å². The second-order valence-corrected chi connectivity index (χ2v) is 11.2. The highest BCUT2D eigenvalue weighted by atomic mass is 35.5. The lowest BCUT2D eigenvalue weighted by Gasteiger charge is -2.10. The molecular weight excluding hydrogens is 462 g/mol. The average molecular weight is 480 g/mol. The molecule has 0 spiro atoms. The number of benzene rings is 2. The van der Waals surface area contributed by atoms with Crippen molar-refractivity contribution in [3.8, 4) is 0 Å². The van der Waals surface area contributed by atoms with E-state index in [4.69, 9.17) is 16.0 Å². The van der Waals surface area contributed by atoms with Crippen LogP contribution in [0, 0.1) is 0 Å². The van der Waals surface area contributed by atoms with Crippen LogP contribution in [0.25, 0.3) is 11.1 Å². The number of thiazole rings is 1. The second-order valence-electron chi connectivity index (χ2n) is 6.72. The van der Waals surface area contributed by atoms with Crippen molar-refractivity contribution in [2.24, 2.45) is 0 Å². The topological polar surface area (TPSA) is 76.3 Å². The second kappa shape index (κ2) is 8.68. The number of sulfonamides is 1. The Balaban J connectivity index is 1.44. The molecule has 0 unspecified atom stereocenters. The van der Waals surface area contributed by atoms with Crippen molar-refractivity contribution in [2.45, 2.75) is 22.3 Å². The van der Waals surface area contributed by atoms with E-state index in [9.17, 15) is 8.42 Å². The number of hydrogen-bond donors (Lipinski definition) is 0. The zero-order valence-corrected chi connectivity index (χ0v) is 19.4. The fourth-order valence-electron chi connectivity index (χ4n) is 2.73. The summed E-state index contributed by atoms with van der Waals surface area (Å²) in [6.07, 6.45) is 0.762. The summed E-state index contributed by atoms with van der Waals surface area (Å²) >= 11 is 8.98. The highest BCUT2D eigenvalue weighted by Crippen LogP contribution is 2.29. The van der Waals surface area contributed by atoms with Gasteiger partial charge in [0.15, 0.2) is 5.58 Å². The van der Waals surface area contributed by atoms with Crippen molar-refractivity contribution >= 4 is 55.8 Å². The lowest BCUT2D eigenvalue weighted by atomic mass is 10.2. The fraction of sp³-hybridized carbons (Fsp3) is 0.200. The third kappa shape index (κ3) is 4.70. The number of oxazole rings is 1. The third-order valence-corrected chi connectivity index (χ3v) is 8.15. The van der Waals surface area contributed by atoms with E-state index in [0.717, 1.165) is 27.7 Å². The van der Waals surface area contributed by atoms with Crippen LogP contribution in [0.15, 0.2) is 62.4 Å². The Bertz CT molecular complexity index is 1280. The Morgan fingerprint density at radius 3 is 2.63 bits per heavy atom. The molecule has 0 radical (unpaired) electrons. The molecule has 0 bridgehead atoms. The summed E-state index contributed by atoms with van der Waals surface area (Å²) < 4.78 is 31.5. The molecule has 0 saturated carbocycles. The standard InChI is InChI=1S/C20H18ClN3O3S3/c1-24(2)30(25,26)16-7-8-18-17(10-16)23-20(27-18)29-12-15-11-28-19(22-15)9-13-3-5-14(21)6-4-13/h3-8,10-11H,9,12H2,1-2H3. The van der Waals surface area contributed by atoms with Crippen LogP contribution in [0.1, 0.15) is 16.3 Å². The maximum Gasteiger partial charge on any atom is 0.257 e. The molecule has 4 aromatic rings. The van der Waals surface area contributed by atoms with Crippen LogP contribution in [0.4, 0.5) is 0 Å². The van der Waals surface area contributed by atoms with Crippen molar-refractivity contribution < 1.29 is 12.8 Å². The number of aromatic nitrogens is 2. The molecule has 6 nitrogen and oxygen atoms in total. The van der Waals surface area contributed by atoms with Crippen LogP contribution < -0.4 is 0 Å². The van der Waals surface area contributed by atoms with E-state index in [2.05, 4.69) is 9.97 Å². The van der Waals surface area contributed by atoms with E-state index < -0.39 is 10.0 Å². The van der Waals surface area contributed by atoms with Crippen LogP contribution in [0.2, 0.25) is 5.02 Å². The number of fused-ring (bicyclic) bond motifs is 1. The van der Waals surface area contributed by atoms with Gasteiger partial charge in [-0.05, 0) is 35.9 Å².